The molecule has 0 amide bonds. The van der Waals surface area contributed by atoms with Crippen molar-refractivity contribution in [2.24, 2.45) is 7.05 Å². The summed E-state index contributed by atoms with van der Waals surface area (Å²) in [4.78, 5) is 37.1. The van der Waals surface area contributed by atoms with Gasteiger partial charge in [0.05, 0.1) is 16.8 Å². The van der Waals surface area contributed by atoms with Gasteiger partial charge in [0, 0.05) is 31.1 Å². The van der Waals surface area contributed by atoms with Crippen LogP contribution in [0.3, 0.4) is 0 Å². The van der Waals surface area contributed by atoms with Crippen molar-refractivity contribution in [3.8, 4) is 0 Å². The molecule has 0 fully saturated rings. The number of fused-ring (bicyclic) bond motifs is 1. The quantitative estimate of drug-likeness (QED) is 0.795. The van der Waals surface area contributed by atoms with Crippen LogP contribution in [-0.2, 0) is 7.05 Å². The number of ketones is 3. The van der Waals surface area contributed by atoms with E-state index in [1.54, 1.807) is 42.8 Å². The van der Waals surface area contributed by atoms with Crippen molar-refractivity contribution in [1.82, 2.24) is 4.57 Å². The zero-order valence-electron chi connectivity index (χ0n) is 12.0. The summed E-state index contributed by atoms with van der Waals surface area (Å²) in [5.41, 5.74) is 2.25. The Morgan fingerprint density at radius 2 is 1.67 bits per heavy atom. The van der Waals surface area contributed by atoms with Crippen LogP contribution < -0.4 is 0 Å². The first kappa shape index (κ1) is 13.5. The van der Waals surface area contributed by atoms with E-state index >= 15 is 0 Å². The van der Waals surface area contributed by atoms with Gasteiger partial charge in [0.2, 0.25) is 0 Å². The van der Waals surface area contributed by atoms with Gasteiger partial charge in [-0.05, 0) is 6.92 Å². The van der Waals surface area contributed by atoms with Crippen molar-refractivity contribution < 1.29 is 14.4 Å². The second-order valence-corrected chi connectivity index (χ2v) is 5.28. The molecule has 1 aliphatic carbocycles. The van der Waals surface area contributed by atoms with Gasteiger partial charge in [0.25, 0.3) is 0 Å². The fraction of sp³-hybridized carbons (Fsp3) is 0.235. The van der Waals surface area contributed by atoms with Crippen molar-refractivity contribution in [3.63, 3.8) is 0 Å². The van der Waals surface area contributed by atoms with E-state index in [4.69, 9.17) is 0 Å². The predicted molar refractivity (Wildman–Crippen MR) is 77.9 cm³/mol. The fourth-order valence-corrected chi connectivity index (χ4v) is 2.88. The van der Waals surface area contributed by atoms with Crippen LogP contribution in [0.5, 0.6) is 0 Å². The van der Waals surface area contributed by atoms with E-state index in [1.807, 2.05) is 6.07 Å². The van der Waals surface area contributed by atoms with Crippen LogP contribution in [-0.4, -0.2) is 21.9 Å². The van der Waals surface area contributed by atoms with Crippen molar-refractivity contribution >= 4 is 17.3 Å². The minimum atomic E-state index is -0.201. The van der Waals surface area contributed by atoms with Gasteiger partial charge < -0.3 is 4.57 Å². The summed E-state index contributed by atoms with van der Waals surface area (Å²) < 4.78 is 1.67. The van der Waals surface area contributed by atoms with E-state index in [1.165, 1.54) is 0 Å². The number of carbonyl (C=O) groups excluding carboxylic acids is 3. The van der Waals surface area contributed by atoms with Crippen LogP contribution >= 0.6 is 0 Å². The lowest BCUT2D eigenvalue weighted by molar-refractivity contribution is 0.0882. The van der Waals surface area contributed by atoms with Crippen LogP contribution in [0.25, 0.3) is 0 Å². The van der Waals surface area contributed by atoms with Gasteiger partial charge in [-0.1, -0.05) is 30.3 Å². The predicted octanol–water partition coefficient (Wildman–Crippen LogP) is 2.72. The number of Topliss-reactive ketones (excluding diaryl/α,β-unsaturated/α-hetero) is 2. The zero-order chi connectivity index (χ0) is 15.1. The topological polar surface area (TPSA) is 56.1 Å². The van der Waals surface area contributed by atoms with Crippen molar-refractivity contribution in [3.05, 3.63) is 58.4 Å². The zero-order valence-corrected chi connectivity index (χ0v) is 12.0. The second-order valence-electron chi connectivity index (χ2n) is 5.28. The molecule has 1 heterocycles. The molecule has 0 saturated carbocycles. The molecule has 0 saturated heterocycles. The first-order valence-corrected chi connectivity index (χ1v) is 6.87. The Hall–Kier alpha value is -2.49. The van der Waals surface area contributed by atoms with Crippen molar-refractivity contribution in [2.75, 3.05) is 0 Å². The van der Waals surface area contributed by atoms with Gasteiger partial charge >= 0.3 is 0 Å². The summed E-state index contributed by atoms with van der Waals surface area (Å²) in [6.07, 6.45) is 0.409. The Labute approximate surface area is 122 Å². The molecule has 2 aromatic rings. The number of hydrogen-bond acceptors (Lipinski definition) is 3. The lowest BCUT2D eigenvalue weighted by atomic mass is 9.89. The molecule has 3 rings (SSSR count). The van der Waals surface area contributed by atoms with Gasteiger partial charge in [-0.2, -0.15) is 0 Å². The maximum absolute atomic E-state index is 12.7. The van der Waals surface area contributed by atoms with Crippen molar-refractivity contribution in [2.45, 2.75) is 19.8 Å². The third-order valence-corrected chi connectivity index (χ3v) is 4.07. The monoisotopic (exact) mass is 281 g/mol. The molecule has 4 heteroatoms. The minimum Gasteiger partial charge on any atom is -0.344 e. The maximum Gasteiger partial charge on any atom is 0.195 e. The van der Waals surface area contributed by atoms with Crippen molar-refractivity contribution in [1.29, 1.82) is 0 Å². The highest BCUT2D eigenvalue weighted by Crippen LogP contribution is 2.30. The summed E-state index contributed by atoms with van der Waals surface area (Å²) in [6.45, 7) is 1.77. The first-order chi connectivity index (χ1) is 10.0. The third kappa shape index (κ3) is 1.95. The molecule has 1 aromatic heterocycles. The van der Waals surface area contributed by atoms with E-state index in [9.17, 15) is 14.4 Å². The molecule has 21 heavy (non-hydrogen) atoms. The number of aromatic nitrogens is 1. The highest BCUT2D eigenvalue weighted by Gasteiger charge is 2.34. The number of benzene rings is 1. The van der Waals surface area contributed by atoms with Crippen LogP contribution in [0.1, 0.15) is 55.3 Å². The molecule has 0 N–H and O–H groups in total. The Kier molecular flexibility index (Phi) is 3.09. The smallest absolute Gasteiger partial charge is 0.195 e. The summed E-state index contributed by atoms with van der Waals surface area (Å²) in [5, 5.41) is 0. The molecule has 0 radical (unpaired) electrons. The fourth-order valence-electron chi connectivity index (χ4n) is 2.88. The highest BCUT2D eigenvalue weighted by atomic mass is 16.1. The average molecular weight is 281 g/mol. The number of rotatable bonds is 2. The average Bonchev–Trinajstić information content (AvgIpc) is 2.77. The van der Waals surface area contributed by atoms with Gasteiger partial charge in [0.1, 0.15) is 0 Å². The molecule has 1 aromatic carbocycles. The summed E-state index contributed by atoms with van der Waals surface area (Å²) in [6, 6.07) is 8.83. The van der Waals surface area contributed by atoms with E-state index in [0.717, 1.165) is 0 Å². The maximum atomic E-state index is 12.7. The Balaban J connectivity index is 2.25. The minimum absolute atomic E-state index is 0.0673. The lowest BCUT2D eigenvalue weighted by Gasteiger charge is -2.12. The molecule has 4 nitrogen and oxygen atoms in total. The van der Waals surface area contributed by atoms with Gasteiger partial charge in [-0.25, -0.2) is 0 Å². The molecule has 0 atom stereocenters. The molecule has 106 valence electrons. The van der Waals surface area contributed by atoms with Gasteiger partial charge in [-0.3, -0.25) is 14.4 Å². The summed E-state index contributed by atoms with van der Waals surface area (Å²) in [5.74, 6) is -0.386. The summed E-state index contributed by atoms with van der Waals surface area (Å²) in [7, 11) is 1.73. The molecule has 0 bridgehead atoms. The van der Waals surface area contributed by atoms with Crippen LogP contribution in [0.15, 0.2) is 30.3 Å². The van der Waals surface area contributed by atoms with E-state index in [-0.39, 0.29) is 30.2 Å². The Bertz CT molecular complexity index is 769. The van der Waals surface area contributed by atoms with E-state index in [2.05, 4.69) is 0 Å². The molecule has 0 spiro atoms. The Morgan fingerprint density at radius 3 is 2.33 bits per heavy atom. The summed E-state index contributed by atoms with van der Waals surface area (Å²) >= 11 is 0. The molecular weight excluding hydrogens is 266 g/mol. The van der Waals surface area contributed by atoms with Gasteiger partial charge in [0.15, 0.2) is 17.3 Å². The third-order valence-electron chi connectivity index (χ3n) is 4.07. The van der Waals surface area contributed by atoms with E-state index < -0.39 is 0 Å². The molecular formula is C17H15NO3. The second kappa shape index (κ2) is 4.81. The van der Waals surface area contributed by atoms with Crippen LogP contribution in [0.4, 0.5) is 0 Å². The number of carbonyl (C=O) groups is 3. The molecule has 1 aliphatic rings. The molecule has 0 unspecified atom stereocenters. The molecule has 0 aliphatic heterocycles. The number of hydrogen-bond donors (Lipinski definition) is 0. The van der Waals surface area contributed by atoms with Gasteiger partial charge in [-0.15, -0.1) is 0 Å². The van der Waals surface area contributed by atoms with E-state index in [0.29, 0.717) is 28.1 Å². The largest absolute Gasteiger partial charge is 0.344 e. The number of nitrogens with zero attached hydrogens (tertiary/aromatic N) is 1. The lowest BCUT2D eigenvalue weighted by Crippen LogP contribution is -2.20. The highest BCUT2D eigenvalue weighted by molar-refractivity contribution is 6.22. The first-order valence-electron chi connectivity index (χ1n) is 6.87. The van der Waals surface area contributed by atoms with Crippen LogP contribution in [0, 0.1) is 6.92 Å². The normalized spacial score (nSPS) is 14.2. The van der Waals surface area contributed by atoms with Crippen LogP contribution in [0.2, 0.25) is 0 Å². The standard InChI is InChI=1S/C17H15NO3/c1-10-14(17(21)11-6-4-3-5-7-11)15-12(19)8-9-13(20)16(15)18(10)2/h3-7H,8-9H2,1-2H3. The SMILES string of the molecule is Cc1c(C(=O)c2ccccc2)c2c(n1C)C(=O)CCC2=O. The Morgan fingerprint density at radius 1 is 1.05 bits per heavy atom.